The molecular weight excluding hydrogens is 270 g/mol. The van der Waals surface area contributed by atoms with Crippen LogP contribution in [0.25, 0.3) is 0 Å². The second kappa shape index (κ2) is 7.04. The van der Waals surface area contributed by atoms with Gasteiger partial charge in [-0.3, -0.25) is 9.78 Å². The zero-order valence-corrected chi connectivity index (χ0v) is 11.5. The van der Waals surface area contributed by atoms with Gasteiger partial charge in [-0.05, 0) is 31.2 Å². The van der Waals surface area contributed by atoms with E-state index in [0.717, 1.165) is 0 Å². The molecule has 0 fully saturated rings. The quantitative estimate of drug-likeness (QED) is 0.649. The van der Waals surface area contributed by atoms with Gasteiger partial charge in [0.2, 0.25) is 0 Å². The van der Waals surface area contributed by atoms with Gasteiger partial charge in [0.05, 0.1) is 12.8 Å². The van der Waals surface area contributed by atoms with Crippen molar-refractivity contribution in [3.8, 4) is 11.5 Å². The summed E-state index contributed by atoms with van der Waals surface area (Å²) >= 11 is 0. The van der Waals surface area contributed by atoms with Crippen molar-refractivity contribution in [2.75, 3.05) is 6.61 Å². The van der Waals surface area contributed by atoms with E-state index in [9.17, 15) is 9.90 Å². The van der Waals surface area contributed by atoms with Gasteiger partial charge in [0.25, 0.3) is 5.91 Å². The van der Waals surface area contributed by atoms with Crippen molar-refractivity contribution < 1.29 is 14.6 Å². The molecule has 6 nitrogen and oxygen atoms in total. The molecule has 0 atom stereocenters. The van der Waals surface area contributed by atoms with Gasteiger partial charge in [-0.1, -0.05) is 6.07 Å². The number of phenols is 1. The molecule has 1 aromatic carbocycles. The summed E-state index contributed by atoms with van der Waals surface area (Å²) in [6, 6.07) is 8.22. The third kappa shape index (κ3) is 3.79. The highest BCUT2D eigenvalue weighted by atomic mass is 16.5. The van der Waals surface area contributed by atoms with E-state index >= 15 is 0 Å². The summed E-state index contributed by atoms with van der Waals surface area (Å²) in [5.74, 6) is 0.0114. The lowest BCUT2D eigenvalue weighted by Crippen LogP contribution is -2.17. The van der Waals surface area contributed by atoms with Gasteiger partial charge >= 0.3 is 0 Å². The van der Waals surface area contributed by atoms with E-state index < -0.39 is 0 Å². The Bertz CT molecular complexity index is 642. The first-order valence-electron chi connectivity index (χ1n) is 6.40. The molecule has 0 aliphatic carbocycles. The summed E-state index contributed by atoms with van der Waals surface area (Å²) in [5, 5.41) is 13.8. The molecule has 0 unspecified atom stereocenters. The first-order valence-corrected chi connectivity index (χ1v) is 6.40. The van der Waals surface area contributed by atoms with Crippen LogP contribution in [-0.2, 0) is 0 Å². The van der Waals surface area contributed by atoms with Crippen LogP contribution in [0.15, 0.2) is 47.8 Å². The monoisotopic (exact) mass is 285 g/mol. The molecule has 6 heteroatoms. The van der Waals surface area contributed by atoms with Crippen molar-refractivity contribution in [3.63, 3.8) is 0 Å². The summed E-state index contributed by atoms with van der Waals surface area (Å²) in [5.41, 5.74) is 3.28. The molecule has 2 aromatic rings. The normalized spacial score (nSPS) is 10.5. The van der Waals surface area contributed by atoms with Crippen molar-refractivity contribution in [1.29, 1.82) is 0 Å². The van der Waals surface area contributed by atoms with E-state index in [1.807, 2.05) is 6.92 Å². The third-order valence-corrected chi connectivity index (χ3v) is 2.64. The van der Waals surface area contributed by atoms with Gasteiger partial charge in [-0.25, -0.2) is 5.43 Å². The minimum Gasteiger partial charge on any atom is -0.504 e. The number of carbonyl (C=O) groups excluding carboxylic acids is 1. The first kappa shape index (κ1) is 14.5. The highest BCUT2D eigenvalue weighted by Gasteiger charge is 2.06. The van der Waals surface area contributed by atoms with Crippen LogP contribution in [0.1, 0.15) is 22.8 Å². The summed E-state index contributed by atoms with van der Waals surface area (Å²) in [4.78, 5) is 15.6. The second-order valence-electron chi connectivity index (χ2n) is 4.06. The molecule has 0 spiro atoms. The van der Waals surface area contributed by atoms with E-state index in [0.29, 0.717) is 23.5 Å². The molecule has 0 aliphatic heterocycles. The van der Waals surface area contributed by atoms with E-state index in [1.54, 1.807) is 30.3 Å². The van der Waals surface area contributed by atoms with Crippen LogP contribution in [0, 0.1) is 0 Å². The number of phenolic OH excluding ortho intramolecular Hbond substituents is 1. The smallest absolute Gasteiger partial charge is 0.271 e. The van der Waals surface area contributed by atoms with Crippen LogP contribution in [0.2, 0.25) is 0 Å². The first-order chi connectivity index (χ1) is 10.2. The number of pyridine rings is 1. The fourth-order valence-electron chi connectivity index (χ4n) is 1.64. The zero-order valence-electron chi connectivity index (χ0n) is 11.5. The number of ether oxygens (including phenoxy) is 1. The number of nitrogens with zero attached hydrogens (tertiary/aromatic N) is 2. The zero-order chi connectivity index (χ0) is 15.1. The van der Waals surface area contributed by atoms with Gasteiger partial charge < -0.3 is 9.84 Å². The number of amides is 1. The number of hydrogen-bond acceptors (Lipinski definition) is 5. The number of hydrogen-bond donors (Lipinski definition) is 2. The van der Waals surface area contributed by atoms with Crippen molar-refractivity contribution >= 4 is 12.1 Å². The van der Waals surface area contributed by atoms with Crippen LogP contribution in [-0.4, -0.2) is 28.8 Å². The molecule has 2 rings (SSSR count). The maximum absolute atomic E-state index is 11.7. The molecule has 0 saturated carbocycles. The molecule has 2 N–H and O–H groups in total. The average molecular weight is 285 g/mol. The SMILES string of the molecule is CCOc1cccc(C=NNC(=O)c2ccncc2)c1O. The number of hydrazone groups is 1. The second-order valence-corrected chi connectivity index (χ2v) is 4.06. The molecule has 0 bridgehead atoms. The molecule has 0 aliphatic rings. The third-order valence-electron chi connectivity index (χ3n) is 2.64. The molecular formula is C15H15N3O3. The Morgan fingerprint density at radius 2 is 2.14 bits per heavy atom. The number of rotatable bonds is 5. The Hall–Kier alpha value is -2.89. The fourth-order valence-corrected chi connectivity index (χ4v) is 1.64. The predicted octanol–water partition coefficient (Wildman–Crippen LogP) is 1.95. The van der Waals surface area contributed by atoms with Gasteiger partial charge in [-0.2, -0.15) is 5.10 Å². The molecule has 1 heterocycles. The van der Waals surface area contributed by atoms with Crippen molar-refractivity contribution in [2.45, 2.75) is 6.92 Å². The Morgan fingerprint density at radius 3 is 2.86 bits per heavy atom. The van der Waals surface area contributed by atoms with Crippen molar-refractivity contribution in [3.05, 3.63) is 53.9 Å². The lowest BCUT2D eigenvalue weighted by atomic mass is 10.2. The number of aromatic nitrogens is 1. The van der Waals surface area contributed by atoms with Crippen LogP contribution in [0.5, 0.6) is 11.5 Å². The number of para-hydroxylation sites is 1. The van der Waals surface area contributed by atoms with Crippen LogP contribution < -0.4 is 10.2 Å². The summed E-state index contributed by atoms with van der Waals surface area (Å²) in [6.07, 6.45) is 4.41. The topological polar surface area (TPSA) is 83.8 Å². The predicted molar refractivity (Wildman–Crippen MR) is 78.6 cm³/mol. The molecule has 0 saturated heterocycles. The minimum absolute atomic E-state index is 0.0127. The number of aromatic hydroxyl groups is 1. The maximum atomic E-state index is 11.7. The van der Waals surface area contributed by atoms with E-state index in [1.165, 1.54) is 18.6 Å². The lowest BCUT2D eigenvalue weighted by molar-refractivity contribution is 0.0955. The molecule has 1 aromatic heterocycles. The molecule has 1 amide bonds. The van der Waals surface area contributed by atoms with Crippen molar-refractivity contribution in [2.24, 2.45) is 5.10 Å². The van der Waals surface area contributed by atoms with Gasteiger partial charge in [-0.15, -0.1) is 0 Å². The Balaban J connectivity index is 2.05. The standard InChI is InChI=1S/C15H15N3O3/c1-2-21-13-5-3-4-12(14(13)19)10-17-18-15(20)11-6-8-16-9-7-11/h3-10,19H,2H2,1H3,(H,18,20). The maximum Gasteiger partial charge on any atom is 0.271 e. The van der Waals surface area contributed by atoms with Crippen LogP contribution >= 0.6 is 0 Å². The largest absolute Gasteiger partial charge is 0.504 e. The van der Waals surface area contributed by atoms with Crippen LogP contribution in [0.4, 0.5) is 0 Å². The van der Waals surface area contributed by atoms with E-state index in [2.05, 4.69) is 15.5 Å². The van der Waals surface area contributed by atoms with Gasteiger partial charge in [0.15, 0.2) is 11.5 Å². The molecule has 108 valence electrons. The van der Waals surface area contributed by atoms with Crippen LogP contribution in [0.3, 0.4) is 0 Å². The lowest BCUT2D eigenvalue weighted by Gasteiger charge is -2.07. The fraction of sp³-hybridized carbons (Fsp3) is 0.133. The Labute approximate surface area is 122 Å². The molecule has 21 heavy (non-hydrogen) atoms. The number of carbonyl (C=O) groups is 1. The molecule has 0 radical (unpaired) electrons. The summed E-state index contributed by atoms with van der Waals surface area (Å²) in [6.45, 7) is 2.28. The minimum atomic E-state index is -0.353. The Kier molecular flexibility index (Phi) is 4.87. The van der Waals surface area contributed by atoms with Gasteiger partial charge in [0.1, 0.15) is 0 Å². The van der Waals surface area contributed by atoms with Gasteiger partial charge in [0, 0.05) is 23.5 Å². The summed E-state index contributed by atoms with van der Waals surface area (Å²) < 4.78 is 5.27. The van der Waals surface area contributed by atoms with E-state index in [-0.39, 0.29) is 11.7 Å². The number of nitrogens with one attached hydrogen (secondary N) is 1. The Morgan fingerprint density at radius 1 is 1.38 bits per heavy atom. The van der Waals surface area contributed by atoms with E-state index in [4.69, 9.17) is 4.74 Å². The average Bonchev–Trinajstić information content (AvgIpc) is 2.52. The van der Waals surface area contributed by atoms with Crippen molar-refractivity contribution in [1.82, 2.24) is 10.4 Å². The number of benzene rings is 1. The summed E-state index contributed by atoms with van der Waals surface area (Å²) in [7, 11) is 0. The highest BCUT2D eigenvalue weighted by molar-refractivity contribution is 5.95. The highest BCUT2D eigenvalue weighted by Crippen LogP contribution is 2.28.